The molecule has 1 N–H and O–H groups in total. The normalized spacial score (nSPS) is 12.0. The molecule has 22 heavy (non-hydrogen) atoms. The molecule has 0 spiro atoms. The fraction of sp³-hybridized carbons (Fsp3) is 0.462. The lowest BCUT2D eigenvalue weighted by atomic mass is 10.1. The number of hydrogen-bond donors (Lipinski definition) is 1. The summed E-state index contributed by atoms with van der Waals surface area (Å²) in [5, 5.41) is 10.3. The third kappa shape index (κ3) is 3.12. The van der Waals surface area contributed by atoms with E-state index in [0.717, 1.165) is 18.8 Å². The molecule has 0 aromatic carbocycles. The van der Waals surface area contributed by atoms with Gasteiger partial charge in [0.25, 0.3) is 5.91 Å². The Morgan fingerprint density at radius 2 is 1.82 bits per heavy atom. The Bertz CT molecular complexity index is 699. The molecule has 0 radical (unpaired) electrons. The van der Waals surface area contributed by atoms with Crippen LogP contribution in [0.25, 0.3) is 0 Å². The summed E-state index contributed by atoms with van der Waals surface area (Å²) in [6.07, 6.45) is -4.56. The highest BCUT2D eigenvalue weighted by molar-refractivity contribution is 6.02. The van der Waals surface area contributed by atoms with Gasteiger partial charge in [-0.05, 0) is 5.92 Å². The molecular formula is C13H16F3N5O. The minimum absolute atomic E-state index is 0.170. The Morgan fingerprint density at radius 3 is 2.27 bits per heavy atom. The van der Waals surface area contributed by atoms with Crippen molar-refractivity contribution >= 4 is 11.7 Å². The fourth-order valence-electron chi connectivity index (χ4n) is 1.91. The average molecular weight is 315 g/mol. The smallest absolute Gasteiger partial charge is 0.305 e. The first-order valence-electron chi connectivity index (χ1n) is 6.56. The van der Waals surface area contributed by atoms with Crippen LogP contribution in [0.1, 0.15) is 41.6 Å². The van der Waals surface area contributed by atoms with E-state index in [-0.39, 0.29) is 11.6 Å². The van der Waals surface area contributed by atoms with E-state index < -0.39 is 17.8 Å². The molecule has 0 fully saturated rings. The Morgan fingerprint density at radius 1 is 1.18 bits per heavy atom. The van der Waals surface area contributed by atoms with Gasteiger partial charge in [-0.15, -0.1) is 0 Å². The van der Waals surface area contributed by atoms with Gasteiger partial charge in [0.2, 0.25) is 0 Å². The number of carbonyl (C=O) groups is 1. The minimum atomic E-state index is -4.56. The van der Waals surface area contributed by atoms with E-state index in [1.165, 1.54) is 4.68 Å². The number of nitrogens with zero attached hydrogens (tertiary/aromatic N) is 4. The molecule has 9 heteroatoms. The SMILES string of the molecule is CC(C)c1cc(NC(=O)c2cc(C(F)(F)F)n(C)n2)n(C)n1. The number of rotatable bonds is 3. The number of alkyl halides is 3. The van der Waals surface area contributed by atoms with Crippen molar-refractivity contribution in [1.29, 1.82) is 0 Å². The molecule has 2 aromatic rings. The van der Waals surface area contributed by atoms with Gasteiger partial charge < -0.3 is 5.32 Å². The molecule has 0 atom stereocenters. The number of hydrogen-bond acceptors (Lipinski definition) is 3. The lowest BCUT2D eigenvalue weighted by Gasteiger charge is -2.04. The van der Waals surface area contributed by atoms with Crippen LogP contribution in [-0.2, 0) is 20.3 Å². The zero-order chi connectivity index (χ0) is 16.7. The summed E-state index contributed by atoms with van der Waals surface area (Å²) in [4.78, 5) is 12.0. The van der Waals surface area contributed by atoms with Crippen molar-refractivity contribution in [3.8, 4) is 0 Å². The zero-order valence-corrected chi connectivity index (χ0v) is 12.6. The standard InChI is InChI=1S/C13H16F3N5O/c1-7(2)8-6-11(21(4)18-8)17-12(22)9-5-10(13(14,15)16)20(3)19-9/h5-7H,1-4H3,(H,17,22). The second-order valence-electron chi connectivity index (χ2n) is 5.22. The maximum atomic E-state index is 12.7. The van der Waals surface area contributed by atoms with Crippen LogP contribution in [0.3, 0.4) is 0 Å². The first kappa shape index (κ1) is 16.1. The molecule has 0 saturated carbocycles. The van der Waals surface area contributed by atoms with E-state index in [1.54, 1.807) is 13.1 Å². The maximum absolute atomic E-state index is 12.7. The van der Waals surface area contributed by atoms with Gasteiger partial charge in [-0.3, -0.25) is 14.2 Å². The number of carbonyl (C=O) groups excluding carboxylic acids is 1. The lowest BCUT2D eigenvalue weighted by molar-refractivity contribution is -0.143. The third-order valence-electron chi connectivity index (χ3n) is 3.13. The van der Waals surface area contributed by atoms with E-state index in [2.05, 4.69) is 15.5 Å². The van der Waals surface area contributed by atoms with Gasteiger partial charge in [0.1, 0.15) is 11.5 Å². The topological polar surface area (TPSA) is 64.7 Å². The molecule has 0 aliphatic carbocycles. The summed E-state index contributed by atoms with van der Waals surface area (Å²) in [6, 6.07) is 2.39. The highest BCUT2D eigenvalue weighted by Crippen LogP contribution is 2.29. The van der Waals surface area contributed by atoms with Gasteiger partial charge in [-0.2, -0.15) is 23.4 Å². The summed E-state index contributed by atoms with van der Waals surface area (Å²) in [5.74, 6) is -0.152. The van der Waals surface area contributed by atoms with Crippen LogP contribution < -0.4 is 5.32 Å². The van der Waals surface area contributed by atoms with E-state index in [0.29, 0.717) is 10.5 Å². The molecule has 0 bridgehead atoms. The summed E-state index contributed by atoms with van der Waals surface area (Å²) in [5.41, 5.74) is -0.512. The molecule has 0 unspecified atom stereocenters. The van der Waals surface area contributed by atoms with Gasteiger partial charge in [-0.25, -0.2) is 0 Å². The van der Waals surface area contributed by atoms with Crippen LogP contribution in [0.4, 0.5) is 19.0 Å². The van der Waals surface area contributed by atoms with Crippen molar-refractivity contribution in [3.63, 3.8) is 0 Å². The van der Waals surface area contributed by atoms with Crippen LogP contribution in [0.2, 0.25) is 0 Å². The number of anilines is 1. The lowest BCUT2D eigenvalue weighted by Crippen LogP contribution is -2.15. The van der Waals surface area contributed by atoms with Gasteiger partial charge in [0, 0.05) is 26.2 Å². The number of halogens is 3. The van der Waals surface area contributed by atoms with Crippen LogP contribution in [0, 0.1) is 0 Å². The number of amides is 1. The van der Waals surface area contributed by atoms with Crippen LogP contribution in [0.5, 0.6) is 0 Å². The number of nitrogens with one attached hydrogen (secondary N) is 1. The first-order valence-corrected chi connectivity index (χ1v) is 6.56. The molecule has 2 heterocycles. The monoisotopic (exact) mass is 315 g/mol. The Kier molecular flexibility index (Phi) is 3.99. The summed E-state index contributed by atoms with van der Waals surface area (Å²) in [6.45, 7) is 3.89. The minimum Gasteiger partial charge on any atom is -0.305 e. The summed E-state index contributed by atoms with van der Waals surface area (Å²) >= 11 is 0. The number of aromatic nitrogens is 4. The Balaban J connectivity index is 2.23. The van der Waals surface area contributed by atoms with Crippen molar-refractivity contribution in [2.75, 3.05) is 5.32 Å². The van der Waals surface area contributed by atoms with E-state index in [4.69, 9.17) is 0 Å². The molecule has 0 saturated heterocycles. The molecule has 120 valence electrons. The van der Waals surface area contributed by atoms with Crippen LogP contribution in [-0.4, -0.2) is 25.5 Å². The highest BCUT2D eigenvalue weighted by atomic mass is 19.4. The quantitative estimate of drug-likeness (QED) is 0.946. The average Bonchev–Trinajstić information content (AvgIpc) is 2.93. The molecule has 2 aromatic heterocycles. The predicted octanol–water partition coefficient (Wildman–Crippen LogP) is 2.55. The number of aryl methyl sites for hydroxylation is 2. The predicted molar refractivity (Wildman–Crippen MR) is 73.5 cm³/mol. The Hall–Kier alpha value is -2.32. The fourth-order valence-corrected chi connectivity index (χ4v) is 1.91. The Labute approximate surface area is 124 Å². The van der Waals surface area contributed by atoms with E-state index >= 15 is 0 Å². The van der Waals surface area contributed by atoms with Crippen molar-refractivity contribution in [3.05, 3.63) is 29.2 Å². The van der Waals surface area contributed by atoms with Gasteiger partial charge in [-0.1, -0.05) is 13.8 Å². The molecule has 1 amide bonds. The molecular weight excluding hydrogens is 299 g/mol. The van der Waals surface area contributed by atoms with Crippen molar-refractivity contribution < 1.29 is 18.0 Å². The molecule has 0 aliphatic heterocycles. The molecule has 0 aliphatic rings. The zero-order valence-electron chi connectivity index (χ0n) is 12.6. The summed E-state index contributed by atoms with van der Waals surface area (Å²) in [7, 11) is 2.78. The van der Waals surface area contributed by atoms with Gasteiger partial charge >= 0.3 is 6.18 Å². The largest absolute Gasteiger partial charge is 0.433 e. The van der Waals surface area contributed by atoms with Crippen molar-refractivity contribution in [2.45, 2.75) is 25.9 Å². The molecule has 6 nitrogen and oxygen atoms in total. The maximum Gasteiger partial charge on any atom is 0.433 e. The summed E-state index contributed by atoms with van der Waals surface area (Å²) < 4.78 is 40.2. The van der Waals surface area contributed by atoms with Crippen LogP contribution >= 0.6 is 0 Å². The van der Waals surface area contributed by atoms with Crippen LogP contribution in [0.15, 0.2) is 12.1 Å². The van der Waals surface area contributed by atoms with E-state index in [1.807, 2.05) is 13.8 Å². The first-order chi connectivity index (χ1) is 10.1. The van der Waals surface area contributed by atoms with Crippen molar-refractivity contribution in [2.24, 2.45) is 14.1 Å². The van der Waals surface area contributed by atoms with E-state index in [9.17, 15) is 18.0 Å². The van der Waals surface area contributed by atoms with Gasteiger partial charge in [0.15, 0.2) is 5.69 Å². The molecule has 2 rings (SSSR count). The third-order valence-corrected chi connectivity index (χ3v) is 3.13. The second-order valence-corrected chi connectivity index (χ2v) is 5.22. The highest BCUT2D eigenvalue weighted by Gasteiger charge is 2.35. The second kappa shape index (κ2) is 5.47. The van der Waals surface area contributed by atoms with Crippen molar-refractivity contribution in [1.82, 2.24) is 19.6 Å². The van der Waals surface area contributed by atoms with Gasteiger partial charge in [0.05, 0.1) is 5.69 Å².